The topological polar surface area (TPSA) is 65.1 Å². The smallest absolute Gasteiger partial charge is 0.293 e. The van der Waals surface area contributed by atoms with E-state index in [2.05, 4.69) is 30.3 Å². The number of carbonyl (C=O) groups excluding carboxylic acids is 2. The average molecular weight is 526 g/mol. The van der Waals surface area contributed by atoms with Gasteiger partial charge in [-0.25, -0.2) is 0 Å². The van der Waals surface area contributed by atoms with Crippen LogP contribution in [0.1, 0.15) is 18.1 Å². The molecule has 0 bridgehead atoms. The van der Waals surface area contributed by atoms with Crippen LogP contribution in [-0.2, 0) is 11.4 Å². The number of fused-ring (bicyclic) bond motifs is 1. The van der Waals surface area contributed by atoms with Crippen LogP contribution in [0, 0.1) is 0 Å². The van der Waals surface area contributed by atoms with Gasteiger partial charge in [0.1, 0.15) is 19.0 Å². The molecule has 4 aromatic rings. The summed E-state index contributed by atoms with van der Waals surface area (Å²) in [5.74, 6) is 1.56. The first kappa shape index (κ1) is 25.4. The zero-order valence-electron chi connectivity index (χ0n) is 21.0. The molecule has 192 valence electrons. The molecule has 0 N–H and O–H groups in total. The van der Waals surface area contributed by atoms with Gasteiger partial charge >= 0.3 is 0 Å². The van der Waals surface area contributed by atoms with E-state index in [1.165, 1.54) is 10.3 Å². The Morgan fingerprint density at radius 1 is 0.789 bits per heavy atom. The highest BCUT2D eigenvalue weighted by atomic mass is 32.2. The minimum absolute atomic E-state index is 0.183. The van der Waals surface area contributed by atoms with Crippen molar-refractivity contribution in [2.24, 2.45) is 0 Å². The largest absolute Gasteiger partial charge is 0.492 e. The molecule has 0 radical (unpaired) electrons. The van der Waals surface area contributed by atoms with Gasteiger partial charge in [-0.05, 0) is 77.0 Å². The van der Waals surface area contributed by atoms with E-state index < -0.39 is 0 Å². The van der Waals surface area contributed by atoms with Gasteiger partial charge in [-0.3, -0.25) is 14.5 Å². The number of thioether (sulfide) groups is 1. The van der Waals surface area contributed by atoms with E-state index >= 15 is 0 Å². The molecular weight excluding hydrogens is 498 g/mol. The monoisotopic (exact) mass is 525 g/mol. The third-order valence-corrected chi connectivity index (χ3v) is 6.88. The van der Waals surface area contributed by atoms with Crippen molar-refractivity contribution in [3.8, 4) is 17.2 Å². The average Bonchev–Trinajstić information content (AvgIpc) is 3.20. The summed E-state index contributed by atoms with van der Waals surface area (Å²) in [4.78, 5) is 27.0. The molecule has 4 aromatic carbocycles. The molecule has 38 heavy (non-hydrogen) atoms. The summed E-state index contributed by atoms with van der Waals surface area (Å²) in [5, 5.41) is 2.04. The van der Waals surface area contributed by atoms with Gasteiger partial charge in [-0.2, -0.15) is 0 Å². The van der Waals surface area contributed by atoms with Gasteiger partial charge in [0.15, 0.2) is 11.5 Å². The van der Waals surface area contributed by atoms with Crippen molar-refractivity contribution >= 4 is 39.8 Å². The van der Waals surface area contributed by atoms with Crippen LogP contribution in [-0.4, -0.2) is 35.8 Å². The normalized spacial score (nSPS) is 14.3. The quantitative estimate of drug-likeness (QED) is 0.209. The number of ether oxygens (including phenoxy) is 3. The van der Waals surface area contributed by atoms with Crippen LogP contribution >= 0.6 is 11.8 Å². The fourth-order valence-corrected chi connectivity index (χ4v) is 4.97. The molecule has 1 heterocycles. The Kier molecular flexibility index (Phi) is 7.95. The summed E-state index contributed by atoms with van der Waals surface area (Å²) < 4.78 is 17.6. The highest BCUT2D eigenvalue weighted by Gasteiger charge is 2.34. The first-order valence-electron chi connectivity index (χ1n) is 12.4. The summed E-state index contributed by atoms with van der Waals surface area (Å²) in [6.07, 6.45) is 1.71. The summed E-state index contributed by atoms with van der Waals surface area (Å²) in [6, 6.07) is 29.3. The molecule has 6 nitrogen and oxygen atoms in total. The Labute approximate surface area is 225 Å². The lowest BCUT2D eigenvalue weighted by Crippen LogP contribution is -2.32. The molecule has 0 saturated carbocycles. The molecule has 0 atom stereocenters. The third kappa shape index (κ3) is 6.01. The van der Waals surface area contributed by atoms with Crippen molar-refractivity contribution in [2.45, 2.75) is 13.5 Å². The molecule has 0 unspecified atom stereocenters. The molecule has 0 aromatic heterocycles. The third-order valence-electron chi connectivity index (χ3n) is 5.97. The van der Waals surface area contributed by atoms with Crippen molar-refractivity contribution < 1.29 is 23.8 Å². The fourth-order valence-electron chi connectivity index (χ4n) is 4.11. The second kappa shape index (κ2) is 11.9. The van der Waals surface area contributed by atoms with E-state index in [-0.39, 0.29) is 24.3 Å². The summed E-state index contributed by atoms with van der Waals surface area (Å²) in [7, 11) is 0. The molecule has 1 saturated heterocycles. The van der Waals surface area contributed by atoms with Gasteiger partial charge in [-0.1, -0.05) is 60.7 Å². The van der Waals surface area contributed by atoms with Crippen LogP contribution in [0.5, 0.6) is 17.2 Å². The van der Waals surface area contributed by atoms with Crippen LogP contribution in [0.4, 0.5) is 4.79 Å². The molecule has 1 aliphatic rings. The Balaban J connectivity index is 1.25. The van der Waals surface area contributed by atoms with Crippen molar-refractivity contribution in [3.63, 3.8) is 0 Å². The molecule has 0 spiro atoms. The molecule has 7 heteroatoms. The number of imide groups is 1. The van der Waals surface area contributed by atoms with Crippen molar-refractivity contribution in [1.82, 2.24) is 4.90 Å². The van der Waals surface area contributed by atoms with Crippen molar-refractivity contribution in [1.29, 1.82) is 0 Å². The van der Waals surface area contributed by atoms with Crippen molar-refractivity contribution in [3.05, 3.63) is 107 Å². The molecule has 0 aliphatic carbocycles. The predicted octanol–water partition coefficient (Wildman–Crippen LogP) is 6.93. The Morgan fingerprint density at radius 2 is 1.58 bits per heavy atom. The molecule has 2 amide bonds. The first-order chi connectivity index (χ1) is 18.6. The lowest BCUT2D eigenvalue weighted by atomic mass is 10.1. The lowest BCUT2D eigenvalue weighted by molar-refractivity contribution is -0.123. The van der Waals surface area contributed by atoms with Gasteiger partial charge in [0, 0.05) is 0 Å². The second-order valence-corrected chi connectivity index (χ2v) is 9.60. The molecule has 5 rings (SSSR count). The van der Waals surface area contributed by atoms with E-state index in [9.17, 15) is 9.59 Å². The molecule has 1 aliphatic heterocycles. The van der Waals surface area contributed by atoms with Gasteiger partial charge in [0.25, 0.3) is 11.1 Å². The van der Waals surface area contributed by atoms with Crippen molar-refractivity contribution in [2.75, 3.05) is 19.8 Å². The summed E-state index contributed by atoms with van der Waals surface area (Å²) in [6.45, 7) is 3.18. The van der Waals surface area contributed by atoms with Gasteiger partial charge in [0.2, 0.25) is 0 Å². The molecule has 1 fully saturated rings. The fraction of sp³-hybridized carbons (Fsp3) is 0.161. The number of amides is 2. The van der Waals surface area contributed by atoms with Gasteiger partial charge < -0.3 is 14.2 Å². The van der Waals surface area contributed by atoms with Crippen LogP contribution in [0.3, 0.4) is 0 Å². The Bertz CT molecular complexity index is 1480. The van der Waals surface area contributed by atoms with E-state index in [0.717, 1.165) is 28.3 Å². The van der Waals surface area contributed by atoms with Crippen LogP contribution in [0.2, 0.25) is 0 Å². The lowest BCUT2D eigenvalue weighted by Gasteiger charge is -2.14. The maximum atomic E-state index is 12.9. The Hall–Kier alpha value is -4.23. The number of rotatable bonds is 10. The van der Waals surface area contributed by atoms with E-state index in [0.29, 0.717) is 35.4 Å². The highest BCUT2D eigenvalue weighted by molar-refractivity contribution is 8.18. The number of carbonyl (C=O) groups is 2. The Morgan fingerprint density at radius 3 is 2.39 bits per heavy atom. The number of hydrogen-bond acceptors (Lipinski definition) is 6. The first-order valence-corrected chi connectivity index (χ1v) is 13.2. The summed E-state index contributed by atoms with van der Waals surface area (Å²) >= 11 is 0.926. The summed E-state index contributed by atoms with van der Waals surface area (Å²) in [5.41, 5.74) is 1.80. The highest BCUT2D eigenvalue weighted by Crippen LogP contribution is 2.35. The minimum atomic E-state index is -0.328. The zero-order valence-corrected chi connectivity index (χ0v) is 21.8. The molecular formula is C31H27NO5S. The minimum Gasteiger partial charge on any atom is -0.492 e. The van der Waals surface area contributed by atoms with Crippen LogP contribution < -0.4 is 14.2 Å². The standard InChI is InChI=1S/C31H27NO5S/c1-2-35-28-19-22(13-15-27(28)37-21-23-12-14-24-8-6-7-9-25(24)18-23)20-29-30(33)32(31(34)38-29)16-17-36-26-10-4-3-5-11-26/h3-15,18-20H,2,16-17,21H2,1H3/b29-20-. The SMILES string of the molecule is CCOc1cc(/C=C2\SC(=O)N(CCOc3ccccc3)C2=O)ccc1OCc1ccc2ccccc2c1. The number of benzene rings is 4. The number of hydrogen-bond donors (Lipinski definition) is 0. The van der Waals surface area contributed by atoms with E-state index in [1.54, 1.807) is 6.08 Å². The number of nitrogens with zero attached hydrogens (tertiary/aromatic N) is 1. The van der Waals surface area contributed by atoms with E-state index in [1.807, 2.05) is 67.6 Å². The van der Waals surface area contributed by atoms with Gasteiger partial charge in [0.05, 0.1) is 18.1 Å². The second-order valence-electron chi connectivity index (χ2n) is 8.60. The maximum absolute atomic E-state index is 12.9. The van der Waals surface area contributed by atoms with Crippen LogP contribution in [0.25, 0.3) is 16.8 Å². The predicted molar refractivity (Wildman–Crippen MR) is 151 cm³/mol. The van der Waals surface area contributed by atoms with Gasteiger partial charge in [-0.15, -0.1) is 0 Å². The zero-order chi connectivity index (χ0) is 26.3. The maximum Gasteiger partial charge on any atom is 0.293 e. The van der Waals surface area contributed by atoms with Crippen LogP contribution in [0.15, 0.2) is 95.9 Å². The number of para-hydroxylation sites is 1. The van der Waals surface area contributed by atoms with E-state index in [4.69, 9.17) is 14.2 Å².